The van der Waals surface area contributed by atoms with Crippen LogP contribution >= 0.6 is 22.7 Å². The molecule has 0 bridgehead atoms. The molecule has 0 fully saturated rings. The molecule has 0 radical (unpaired) electrons. The summed E-state index contributed by atoms with van der Waals surface area (Å²) in [5.41, 5.74) is 5.15. The number of amides is 1. The quantitative estimate of drug-likeness (QED) is 0.688. The molecule has 7 heteroatoms. The predicted molar refractivity (Wildman–Crippen MR) is 91.4 cm³/mol. The Morgan fingerprint density at radius 2 is 1.78 bits per heavy atom. The van der Waals surface area contributed by atoms with Gasteiger partial charge in [-0.05, 0) is 24.1 Å². The van der Waals surface area contributed by atoms with Gasteiger partial charge in [-0.15, -0.1) is 22.7 Å². The molecule has 0 unspecified atom stereocenters. The molecule has 1 amide bonds. The third kappa shape index (κ3) is 4.00. The second-order valence-electron chi connectivity index (χ2n) is 5.00. The molecule has 0 saturated heterocycles. The smallest absolute Gasteiger partial charge is 0.273 e. The summed E-state index contributed by atoms with van der Waals surface area (Å²) < 4.78 is 0. The summed E-state index contributed by atoms with van der Waals surface area (Å²) in [5.74, 6) is -0.0675. The first kappa shape index (κ1) is 15.8. The first-order valence-electron chi connectivity index (χ1n) is 7.25. The van der Waals surface area contributed by atoms with Crippen LogP contribution < -0.4 is 0 Å². The summed E-state index contributed by atoms with van der Waals surface area (Å²) in [6, 6.07) is 3.81. The van der Waals surface area contributed by atoms with Gasteiger partial charge in [-0.25, -0.2) is 0 Å². The second kappa shape index (κ2) is 7.43. The number of aromatic nitrogens is 3. The molecule has 3 heterocycles. The number of aryl methyl sites for hydroxylation is 1. The van der Waals surface area contributed by atoms with Crippen molar-refractivity contribution in [2.75, 3.05) is 0 Å². The van der Waals surface area contributed by atoms with Crippen LogP contribution in [0.25, 0.3) is 0 Å². The fraction of sp³-hybridized carbons (Fsp3) is 0.250. The van der Waals surface area contributed by atoms with Crippen molar-refractivity contribution in [1.29, 1.82) is 0 Å². The SMILES string of the molecule is CCc1ccnc(C(=O)N(Cc2cncs2)Cc2cncs2)c1. The third-order valence-corrected chi connectivity index (χ3v) is 4.93. The van der Waals surface area contributed by atoms with E-state index in [1.165, 1.54) is 0 Å². The van der Waals surface area contributed by atoms with Crippen LogP contribution in [0.5, 0.6) is 0 Å². The topological polar surface area (TPSA) is 59.0 Å². The van der Waals surface area contributed by atoms with E-state index in [1.54, 1.807) is 57.2 Å². The van der Waals surface area contributed by atoms with Crippen LogP contribution in [0.2, 0.25) is 0 Å². The molecular weight excluding hydrogens is 328 g/mol. The lowest BCUT2D eigenvalue weighted by Gasteiger charge is -2.21. The van der Waals surface area contributed by atoms with Gasteiger partial charge in [0.25, 0.3) is 5.91 Å². The van der Waals surface area contributed by atoms with Crippen molar-refractivity contribution >= 4 is 28.6 Å². The summed E-state index contributed by atoms with van der Waals surface area (Å²) >= 11 is 3.09. The summed E-state index contributed by atoms with van der Waals surface area (Å²) in [6.45, 7) is 3.12. The average molecular weight is 344 g/mol. The number of hydrogen-bond acceptors (Lipinski definition) is 6. The maximum Gasteiger partial charge on any atom is 0.273 e. The van der Waals surface area contributed by atoms with Crippen LogP contribution in [0, 0.1) is 0 Å². The monoisotopic (exact) mass is 344 g/mol. The van der Waals surface area contributed by atoms with Gasteiger partial charge in [0.1, 0.15) is 5.69 Å². The highest BCUT2D eigenvalue weighted by Crippen LogP contribution is 2.17. The highest BCUT2D eigenvalue weighted by molar-refractivity contribution is 7.09. The molecule has 0 aliphatic heterocycles. The largest absolute Gasteiger partial charge is 0.327 e. The Morgan fingerprint density at radius 1 is 1.13 bits per heavy atom. The zero-order valence-electron chi connectivity index (χ0n) is 12.7. The highest BCUT2D eigenvalue weighted by Gasteiger charge is 2.19. The number of pyridine rings is 1. The standard InChI is InChI=1S/C16H16N4OS2/c1-2-12-3-4-19-15(5-12)16(21)20(8-13-6-17-10-22-13)9-14-7-18-11-23-14/h3-7,10-11H,2,8-9H2,1H3. The lowest BCUT2D eigenvalue weighted by Crippen LogP contribution is -2.30. The van der Waals surface area contributed by atoms with Crippen LogP contribution in [-0.4, -0.2) is 25.8 Å². The maximum absolute atomic E-state index is 12.9. The van der Waals surface area contributed by atoms with Crippen molar-refractivity contribution in [3.05, 3.63) is 62.8 Å². The van der Waals surface area contributed by atoms with Crippen LogP contribution in [0.15, 0.2) is 41.7 Å². The Morgan fingerprint density at radius 3 is 2.30 bits per heavy atom. The summed E-state index contributed by atoms with van der Waals surface area (Å²) in [4.78, 5) is 29.2. The predicted octanol–water partition coefficient (Wildman–Crippen LogP) is 3.40. The van der Waals surface area contributed by atoms with Crippen molar-refractivity contribution in [3.63, 3.8) is 0 Å². The van der Waals surface area contributed by atoms with E-state index in [0.29, 0.717) is 18.8 Å². The Kier molecular flexibility index (Phi) is 5.09. The van der Waals surface area contributed by atoms with Crippen LogP contribution in [-0.2, 0) is 19.5 Å². The summed E-state index contributed by atoms with van der Waals surface area (Å²) in [7, 11) is 0. The van der Waals surface area contributed by atoms with E-state index in [1.807, 2.05) is 12.1 Å². The average Bonchev–Trinajstić information content (AvgIpc) is 3.27. The van der Waals surface area contributed by atoms with Crippen LogP contribution in [0.1, 0.15) is 32.7 Å². The Labute approximate surface area is 142 Å². The third-order valence-electron chi connectivity index (χ3n) is 3.40. The number of carbonyl (C=O) groups is 1. The molecule has 0 N–H and O–H groups in total. The van der Waals surface area contributed by atoms with Gasteiger partial charge < -0.3 is 4.90 Å². The van der Waals surface area contributed by atoms with Gasteiger partial charge >= 0.3 is 0 Å². The van der Waals surface area contributed by atoms with E-state index in [0.717, 1.165) is 21.7 Å². The van der Waals surface area contributed by atoms with E-state index in [-0.39, 0.29) is 5.91 Å². The zero-order chi connectivity index (χ0) is 16.1. The molecule has 0 spiro atoms. The van der Waals surface area contributed by atoms with E-state index < -0.39 is 0 Å². The number of carbonyl (C=O) groups excluding carboxylic acids is 1. The fourth-order valence-electron chi connectivity index (χ4n) is 2.19. The van der Waals surface area contributed by atoms with E-state index in [2.05, 4.69) is 21.9 Å². The molecular formula is C16H16N4OS2. The molecule has 0 aliphatic carbocycles. The first-order chi connectivity index (χ1) is 11.3. The van der Waals surface area contributed by atoms with Crippen molar-refractivity contribution in [2.45, 2.75) is 26.4 Å². The van der Waals surface area contributed by atoms with Gasteiger partial charge in [0.15, 0.2) is 0 Å². The van der Waals surface area contributed by atoms with Crippen molar-refractivity contribution in [3.8, 4) is 0 Å². The van der Waals surface area contributed by atoms with Gasteiger partial charge in [0.2, 0.25) is 0 Å². The van der Waals surface area contributed by atoms with E-state index >= 15 is 0 Å². The molecule has 3 aromatic heterocycles. The molecule has 0 atom stereocenters. The minimum Gasteiger partial charge on any atom is -0.327 e. The minimum absolute atomic E-state index is 0.0675. The summed E-state index contributed by atoms with van der Waals surface area (Å²) in [6.07, 6.45) is 6.18. The second-order valence-corrected chi connectivity index (χ2v) is 6.94. The lowest BCUT2D eigenvalue weighted by molar-refractivity contribution is 0.0727. The van der Waals surface area contributed by atoms with Crippen molar-refractivity contribution < 1.29 is 4.79 Å². The fourth-order valence-corrected chi connectivity index (χ4v) is 3.41. The molecule has 0 aromatic carbocycles. The van der Waals surface area contributed by atoms with Gasteiger partial charge in [0, 0.05) is 28.3 Å². The Hall–Kier alpha value is -2.12. The highest BCUT2D eigenvalue weighted by atomic mass is 32.1. The van der Waals surface area contributed by atoms with Crippen LogP contribution in [0.3, 0.4) is 0 Å². The van der Waals surface area contributed by atoms with E-state index in [4.69, 9.17) is 0 Å². The lowest BCUT2D eigenvalue weighted by atomic mass is 10.1. The van der Waals surface area contributed by atoms with Crippen molar-refractivity contribution in [2.24, 2.45) is 0 Å². The molecule has 0 saturated carbocycles. The van der Waals surface area contributed by atoms with Crippen molar-refractivity contribution in [1.82, 2.24) is 19.9 Å². The first-order valence-corrected chi connectivity index (χ1v) is 9.01. The number of thiazole rings is 2. The zero-order valence-corrected chi connectivity index (χ0v) is 14.3. The van der Waals surface area contributed by atoms with E-state index in [9.17, 15) is 4.79 Å². The Balaban J connectivity index is 1.84. The van der Waals surface area contributed by atoms with Gasteiger partial charge in [-0.1, -0.05) is 6.92 Å². The summed E-state index contributed by atoms with van der Waals surface area (Å²) in [5, 5.41) is 0. The van der Waals surface area contributed by atoms with Gasteiger partial charge in [0.05, 0.1) is 24.1 Å². The normalized spacial score (nSPS) is 10.7. The van der Waals surface area contributed by atoms with Gasteiger partial charge in [-0.2, -0.15) is 0 Å². The number of nitrogens with zero attached hydrogens (tertiary/aromatic N) is 4. The molecule has 3 rings (SSSR count). The number of rotatable bonds is 6. The Bertz CT molecular complexity index is 720. The van der Waals surface area contributed by atoms with Crippen LogP contribution in [0.4, 0.5) is 0 Å². The molecule has 118 valence electrons. The number of hydrogen-bond donors (Lipinski definition) is 0. The molecule has 3 aromatic rings. The molecule has 23 heavy (non-hydrogen) atoms. The van der Waals surface area contributed by atoms with Gasteiger partial charge in [-0.3, -0.25) is 19.7 Å². The molecule has 0 aliphatic rings. The minimum atomic E-state index is -0.0675. The molecule has 5 nitrogen and oxygen atoms in total. The maximum atomic E-state index is 12.9.